The van der Waals surface area contributed by atoms with E-state index in [1.165, 1.54) is 28.2 Å². The number of nitrogens with one attached hydrogen (secondary N) is 3. The highest BCUT2D eigenvalue weighted by molar-refractivity contribution is 7.80. The van der Waals surface area contributed by atoms with Crippen molar-refractivity contribution >= 4 is 34.6 Å². The van der Waals surface area contributed by atoms with Gasteiger partial charge in [0.2, 0.25) is 0 Å². The second kappa shape index (κ2) is 9.46. The Morgan fingerprint density at radius 1 is 1.22 bits per heavy atom. The van der Waals surface area contributed by atoms with E-state index in [0.29, 0.717) is 10.8 Å². The van der Waals surface area contributed by atoms with E-state index < -0.39 is 5.82 Å². The van der Waals surface area contributed by atoms with Crippen LogP contribution in [0.3, 0.4) is 0 Å². The number of hydrogen-bond acceptors (Lipinski definition) is 2. The first-order valence-corrected chi connectivity index (χ1v) is 9.80. The van der Waals surface area contributed by atoms with E-state index in [-0.39, 0.29) is 11.1 Å². The summed E-state index contributed by atoms with van der Waals surface area (Å²) in [6.45, 7) is 6.51. The highest BCUT2D eigenvalue weighted by Crippen LogP contribution is 2.20. The third-order valence-electron chi connectivity index (χ3n) is 4.66. The molecule has 144 valence electrons. The van der Waals surface area contributed by atoms with Crippen molar-refractivity contribution in [3.63, 3.8) is 0 Å². The molecule has 0 radical (unpaired) electrons. The number of hydrogen-bond donors (Lipinski definition) is 3. The van der Waals surface area contributed by atoms with Crippen LogP contribution in [0.1, 0.15) is 17.2 Å². The van der Waals surface area contributed by atoms with Gasteiger partial charge in [-0.3, -0.25) is 0 Å². The van der Waals surface area contributed by atoms with Crippen LogP contribution in [-0.2, 0) is 4.74 Å². The number of rotatable bonds is 5. The fourth-order valence-corrected chi connectivity index (χ4v) is 3.54. The number of halogens is 2. The van der Waals surface area contributed by atoms with Crippen LogP contribution in [-0.4, -0.2) is 38.0 Å². The van der Waals surface area contributed by atoms with Crippen molar-refractivity contribution in [2.24, 2.45) is 0 Å². The molecule has 1 heterocycles. The van der Waals surface area contributed by atoms with Gasteiger partial charge in [-0.1, -0.05) is 41.4 Å². The van der Waals surface area contributed by atoms with Crippen LogP contribution in [0.4, 0.5) is 10.1 Å². The molecule has 0 unspecified atom stereocenters. The van der Waals surface area contributed by atoms with E-state index in [4.69, 9.17) is 28.6 Å². The van der Waals surface area contributed by atoms with E-state index >= 15 is 0 Å². The molecule has 1 atom stereocenters. The Hall–Kier alpha value is -1.73. The number of benzene rings is 2. The lowest BCUT2D eigenvalue weighted by molar-refractivity contribution is -0.909. The SMILES string of the molecule is Cc1ccc([C@H](C[NH+]2CCOCC2)NC(=S)Nc2ccc(F)c(Cl)c2)cc1. The van der Waals surface area contributed by atoms with Crippen molar-refractivity contribution in [2.45, 2.75) is 13.0 Å². The first-order chi connectivity index (χ1) is 13.0. The van der Waals surface area contributed by atoms with Gasteiger partial charge in [-0.15, -0.1) is 0 Å². The molecule has 3 N–H and O–H groups in total. The van der Waals surface area contributed by atoms with Crippen LogP contribution in [0.15, 0.2) is 42.5 Å². The average Bonchev–Trinajstić information content (AvgIpc) is 2.66. The van der Waals surface area contributed by atoms with Gasteiger partial charge in [-0.05, 0) is 42.9 Å². The van der Waals surface area contributed by atoms with Crippen LogP contribution in [0.5, 0.6) is 0 Å². The lowest BCUT2D eigenvalue weighted by Crippen LogP contribution is -3.14. The first kappa shape index (κ1) is 20.0. The normalized spacial score (nSPS) is 16.0. The summed E-state index contributed by atoms with van der Waals surface area (Å²) in [5.74, 6) is -0.449. The van der Waals surface area contributed by atoms with E-state index in [1.807, 2.05) is 0 Å². The molecule has 2 aromatic rings. The smallest absolute Gasteiger partial charge is 0.171 e. The van der Waals surface area contributed by atoms with Gasteiger partial charge >= 0.3 is 0 Å². The number of anilines is 1. The Labute approximate surface area is 169 Å². The van der Waals surface area contributed by atoms with Crippen molar-refractivity contribution in [3.8, 4) is 0 Å². The van der Waals surface area contributed by atoms with Crippen LogP contribution >= 0.6 is 23.8 Å². The largest absolute Gasteiger partial charge is 0.370 e. The maximum Gasteiger partial charge on any atom is 0.171 e. The van der Waals surface area contributed by atoms with Crippen molar-refractivity contribution < 1.29 is 14.0 Å². The monoisotopic (exact) mass is 408 g/mol. The molecule has 0 aromatic heterocycles. The van der Waals surface area contributed by atoms with Gasteiger partial charge in [-0.25, -0.2) is 4.39 Å². The minimum Gasteiger partial charge on any atom is -0.370 e. The molecule has 1 aliphatic rings. The standard InChI is InChI=1S/C20H23ClFN3OS/c1-14-2-4-15(5-3-14)19(13-25-8-10-26-11-9-25)24-20(27)23-16-6-7-18(22)17(21)12-16/h2-7,12,19H,8-11,13H2,1H3,(H2,23,24,27)/p+1/t19-/m0/s1. The van der Waals surface area contributed by atoms with Crippen LogP contribution in [0.25, 0.3) is 0 Å². The Bertz CT molecular complexity index is 781. The van der Waals surface area contributed by atoms with Crippen molar-refractivity contribution in [1.82, 2.24) is 5.32 Å². The molecule has 1 fully saturated rings. The highest BCUT2D eigenvalue weighted by Gasteiger charge is 2.22. The van der Waals surface area contributed by atoms with E-state index in [1.54, 1.807) is 6.07 Å². The molecule has 1 saturated heterocycles. The molecule has 4 nitrogen and oxygen atoms in total. The predicted octanol–water partition coefficient (Wildman–Crippen LogP) is 2.73. The lowest BCUT2D eigenvalue weighted by Gasteiger charge is -2.29. The zero-order valence-electron chi connectivity index (χ0n) is 15.2. The number of quaternary nitrogens is 1. The van der Waals surface area contributed by atoms with Gasteiger partial charge in [0.15, 0.2) is 5.11 Å². The Balaban J connectivity index is 1.70. The molecule has 0 saturated carbocycles. The fraction of sp³-hybridized carbons (Fsp3) is 0.350. The van der Waals surface area contributed by atoms with Gasteiger partial charge in [0.05, 0.1) is 18.2 Å². The number of aryl methyl sites for hydroxylation is 1. The Morgan fingerprint density at radius 3 is 2.59 bits per heavy atom. The first-order valence-electron chi connectivity index (χ1n) is 9.02. The zero-order chi connectivity index (χ0) is 19.2. The third-order valence-corrected chi connectivity index (χ3v) is 5.16. The Morgan fingerprint density at radius 2 is 1.93 bits per heavy atom. The molecule has 27 heavy (non-hydrogen) atoms. The third kappa shape index (κ3) is 5.87. The van der Waals surface area contributed by atoms with Crippen molar-refractivity contribution in [1.29, 1.82) is 0 Å². The summed E-state index contributed by atoms with van der Waals surface area (Å²) in [6.07, 6.45) is 0. The second-order valence-corrected chi connectivity index (χ2v) is 7.57. The fourth-order valence-electron chi connectivity index (χ4n) is 3.10. The summed E-state index contributed by atoms with van der Waals surface area (Å²) in [5.41, 5.74) is 3.05. The summed E-state index contributed by atoms with van der Waals surface area (Å²) >= 11 is 11.3. The van der Waals surface area contributed by atoms with Gasteiger partial charge < -0.3 is 20.3 Å². The molecule has 7 heteroatoms. The number of morpholine rings is 1. The maximum atomic E-state index is 13.3. The highest BCUT2D eigenvalue weighted by atomic mass is 35.5. The molecular formula is C20H24ClFN3OS+. The lowest BCUT2D eigenvalue weighted by atomic mass is 10.0. The molecule has 0 bridgehead atoms. The quantitative estimate of drug-likeness (QED) is 0.665. The molecule has 2 aromatic carbocycles. The van der Waals surface area contributed by atoms with Crippen molar-refractivity contribution in [3.05, 3.63) is 64.4 Å². The average molecular weight is 409 g/mol. The molecule has 3 rings (SSSR count). The van der Waals surface area contributed by atoms with Gasteiger partial charge in [0.1, 0.15) is 31.5 Å². The van der Waals surface area contributed by atoms with Crippen LogP contribution in [0.2, 0.25) is 5.02 Å². The topological polar surface area (TPSA) is 37.7 Å². The summed E-state index contributed by atoms with van der Waals surface area (Å²) in [6, 6.07) is 13.0. The minimum atomic E-state index is -0.449. The number of thiocarbonyl (C=S) groups is 1. The summed E-state index contributed by atoms with van der Waals surface area (Å²) in [7, 11) is 0. The summed E-state index contributed by atoms with van der Waals surface area (Å²) < 4.78 is 18.8. The van der Waals surface area contributed by atoms with Gasteiger partial charge in [0, 0.05) is 5.69 Å². The predicted molar refractivity (Wildman–Crippen MR) is 111 cm³/mol. The molecule has 0 aliphatic carbocycles. The Kier molecular flexibility index (Phi) is 7.01. The second-order valence-electron chi connectivity index (χ2n) is 6.76. The summed E-state index contributed by atoms with van der Waals surface area (Å²) in [5, 5.41) is 7.05. The zero-order valence-corrected chi connectivity index (χ0v) is 16.8. The van der Waals surface area contributed by atoms with Gasteiger partial charge in [-0.2, -0.15) is 0 Å². The summed E-state index contributed by atoms with van der Waals surface area (Å²) in [4.78, 5) is 1.48. The molecular weight excluding hydrogens is 385 g/mol. The molecule has 0 spiro atoms. The molecule has 0 amide bonds. The van der Waals surface area contributed by atoms with Crippen LogP contribution < -0.4 is 15.5 Å². The maximum absolute atomic E-state index is 13.3. The number of ether oxygens (including phenoxy) is 1. The van der Waals surface area contributed by atoms with E-state index in [9.17, 15) is 4.39 Å². The van der Waals surface area contributed by atoms with E-state index in [0.717, 1.165) is 32.8 Å². The molecule has 1 aliphatic heterocycles. The van der Waals surface area contributed by atoms with Gasteiger partial charge in [0.25, 0.3) is 0 Å². The van der Waals surface area contributed by atoms with Crippen molar-refractivity contribution in [2.75, 3.05) is 38.2 Å². The minimum absolute atomic E-state index is 0.0645. The van der Waals surface area contributed by atoms with Crippen LogP contribution in [0, 0.1) is 12.7 Å². The van der Waals surface area contributed by atoms with E-state index in [2.05, 4.69) is 41.8 Å².